The summed E-state index contributed by atoms with van der Waals surface area (Å²) in [4.78, 5) is 12.7. The van der Waals surface area contributed by atoms with Crippen LogP contribution in [0, 0.1) is 0 Å². The largest absolute Gasteiger partial charge is 0.493 e. The fraction of sp³-hybridized carbons (Fsp3) is 0.757. The highest BCUT2D eigenvalue weighted by Crippen LogP contribution is 2.47. The minimum Gasteiger partial charge on any atom is -0.493 e. The zero-order valence-electron chi connectivity index (χ0n) is 28.8. The number of carbonyl (C=O) groups excluding carboxylic acids is 1. The van der Waals surface area contributed by atoms with Gasteiger partial charge in [-0.3, -0.25) is 0 Å². The van der Waals surface area contributed by atoms with Crippen LogP contribution < -0.4 is 18.9 Å². The van der Waals surface area contributed by atoms with E-state index in [1.54, 1.807) is 6.08 Å². The van der Waals surface area contributed by atoms with Crippen molar-refractivity contribution in [1.29, 1.82) is 0 Å². The maximum Gasteiger partial charge on any atom is 0.331 e. The molecule has 0 aliphatic carbocycles. The van der Waals surface area contributed by atoms with Crippen LogP contribution in [0.1, 0.15) is 157 Å². The van der Waals surface area contributed by atoms with Gasteiger partial charge in [0.15, 0.2) is 11.5 Å². The van der Waals surface area contributed by atoms with Crippen molar-refractivity contribution < 1.29 is 28.5 Å². The Bertz CT molecular complexity index is 886. The summed E-state index contributed by atoms with van der Waals surface area (Å²) in [5.41, 5.74) is 0.111. The summed E-state index contributed by atoms with van der Waals surface area (Å²) in [6.07, 6.45) is 20.9. The number of hydrogen-bond acceptors (Lipinski definition) is 6. The smallest absolute Gasteiger partial charge is 0.331 e. The van der Waals surface area contributed by atoms with Crippen LogP contribution in [0.5, 0.6) is 23.0 Å². The Balaban J connectivity index is 3.53. The third-order valence-electron chi connectivity index (χ3n) is 6.99. The summed E-state index contributed by atoms with van der Waals surface area (Å²) >= 11 is 0. The first-order valence-corrected chi connectivity index (χ1v) is 17.4. The highest BCUT2D eigenvalue weighted by atomic mass is 16.6. The first-order valence-electron chi connectivity index (χ1n) is 17.4. The molecular weight excluding hydrogens is 540 g/mol. The molecule has 0 aliphatic rings. The molecule has 0 bridgehead atoms. The molecule has 248 valence electrons. The molecule has 0 amide bonds. The molecule has 1 aromatic carbocycles. The van der Waals surface area contributed by atoms with Gasteiger partial charge in [0.05, 0.1) is 32.0 Å². The van der Waals surface area contributed by atoms with Crippen molar-refractivity contribution in [2.24, 2.45) is 0 Å². The number of benzene rings is 1. The van der Waals surface area contributed by atoms with Crippen molar-refractivity contribution in [2.75, 3.05) is 26.4 Å². The molecule has 0 unspecified atom stereocenters. The van der Waals surface area contributed by atoms with E-state index >= 15 is 0 Å². The minimum absolute atomic E-state index is 0.409. The second kappa shape index (κ2) is 24.0. The van der Waals surface area contributed by atoms with E-state index < -0.39 is 11.6 Å². The van der Waals surface area contributed by atoms with Gasteiger partial charge in [-0.25, -0.2) is 4.79 Å². The number of hydrogen-bond donors (Lipinski definition) is 0. The predicted molar refractivity (Wildman–Crippen MR) is 180 cm³/mol. The Morgan fingerprint density at radius 2 is 1.00 bits per heavy atom. The van der Waals surface area contributed by atoms with E-state index in [2.05, 4.69) is 27.7 Å². The maximum atomic E-state index is 12.7. The van der Waals surface area contributed by atoms with Crippen LogP contribution in [0.15, 0.2) is 12.1 Å². The van der Waals surface area contributed by atoms with Gasteiger partial charge in [-0.1, -0.05) is 105 Å². The molecule has 1 rings (SSSR count). The van der Waals surface area contributed by atoms with Crippen LogP contribution in [0.2, 0.25) is 0 Å². The van der Waals surface area contributed by atoms with Gasteiger partial charge in [-0.05, 0) is 52.5 Å². The second-order valence-electron chi connectivity index (χ2n) is 12.4. The molecule has 43 heavy (non-hydrogen) atoms. The number of unbranched alkanes of at least 4 members (excludes halogenated alkanes) is 12. The third-order valence-corrected chi connectivity index (χ3v) is 6.99. The standard InChI is InChI=1S/C37H64O6/c1-8-12-16-20-26-39-32-30-33(40-27-21-17-13-9-2)36(42-29-23-19-15-11-4)35(41-28-22-18-14-10-3)31(32)24-25-34(38)43-37(5,6)7/h24-25,30H,8-23,26-29H2,1-7H3. The molecule has 0 spiro atoms. The molecule has 0 aliphatic heterocycles. The van der Waals surface area contributed by atoms with Crippen molar-refractivity contribution in [2.45, 2.75) is 157 Å². The average Bonchev–Trinajstić information content (AvgIpc) is 2.96. The molecular formula is C37H64O6. The molecule has 0 N–H and O–H groups in total. The van der Waals surface area contributed by atoms with E-state index in [0.29, 0.717) is 55.0 Å². The first-order chi connectivity index (χ1) is 20.8. The lowest BCUT2D eigenvalue weighted by Gasteiger charge is -2.22. The van der Waals surface area contributed by atoms with Gasteiger partial charge in [0.2, 0.25) is 5.75 Å². The van der Waals surface area contributed by atoms with E-state index in [4.69, 9.17) is 23.7 Å². The van der Waals surface area contributed by atoms with Crippen LogP contribution >= 0.6 is 0 Å². The molecule has 0 aromatic heterocycles. The molecule has 0 atom stereocenters. The summed E-state index contributed by atoms with van der Waals surface area (Å²) in [6.45, 7) is 16.7. The Hall–Kier alpha value is -2.37. The van der Waals surface area contributed by atoms with E-state index in [9.17, 15) is 4.79 Å². The zero-order chi connectivity index (χ0) is 31.8. The van der Waals surface area contributed by atoms with E-state index in [0.717, 1.165) is 57.8 Å². The van der Waals surface area contributed by atoms with Gasteiger partial charge in [0.1, 0.15) is 11.4 Å². The van der Waals surface area contributed by atoms with Gasteiger partial charge in [-0.2, -0.15) is 0 Å². The van der Waals surface area contributed by atoms with Crippen molar-refractivity contribution in [1.82, 2.24) is 0 Å². The quantitative estimate of drug-likeness (QED) is 0.0595. The van der Waals surface area contributed by atoms with E-state index in [-0.39, 0.29) is 0 Å². The first kappa shape index (κ1) is 38.7. The molecule has 0 fully saturated rings. The second-order valence-corrected chi connectivity index (χ2v) is 12.4. The van der Waals surface area contributed by atoms with Crippen molar-refractivity contribution >= 4 is 12.0 Å². The Kier molecular flexibility index (Phi) is 21.6. The third kappa shape index (κ3) is 18.1. The molecule has 0 saturated heterocycles. The maximum absolute atomic E-state index is 12.7. The van der Waals surface area contributed by atoms with Crippen LogP contribution in [-0.2, 0) is 9.53 Å². The van der Waals surface area contributed by atoms with E-state index in [1.807, 2.05) is 26.8 Å². The number of carbonyl (C=O) groups is 1. The van der Waals surface area contributed by atoms with E-state index in [1.165, 1.54) is 51.0 Å². The van der Waals surface area contributed by atoms with Gasteiger partial charge < -0.3 is 23.7 Å². The minimum atomic E-state index is -0.582. The molecule has 6 heteroatoms. The molecule has 0 heterocycles. The van der Waals surface area contributed by atoms with Gasteiger partial charge in [0, 0.05) is 12.1 Å². The van der Waals surface area contributed by atoms with Crippen molar-refractivity contribution in [3.05, 3.63) is 17.7 Å². The molecule has 6 nitrogen and oxygen atoms in total. The topological polar surface area (TPSA) is 63.2 Å². The van der Waals surface area contributed by atoms with Crippen LogP contribution in [0.3, 0.4) is 0 Å². The molecule has 0 saturated carbocycles. The zero-order valence-corrected chi connectivity index (χ0v) is 28.8. The lowest BCUT2D eigenvalue weighted by molar-refractivity contribution is -0.148. The number of esters is 1. The number of ether oxygens (including phenoxy) is 5. The molecule has 1 aromatic rings. The highest BCUT2D eigenvalue weighted by Gasteiger charge is 2.23. The lowest BCUT2D eigenvalue weighted by atomic mass is 10.1. The highest BCUT2D eigenvalue weighted by molar-refractivity contribution is 5.89. The summed E-state index contributed by atoms with van der Waals surface area (Å²) in [7, 11) is 0. The van der Waals surface area contributed by atoms with Gasteiger partial charge in [-0.15, -0.1) is 0 Å². The lowest BCUT2D eigenvalue weighted by Crippen LogP contribution is -2.22. The van der Waals surface area contributed by atoms with Crippen LogP contribution in [-0.4, -0.2) is 38.0 Å². The fourth-order valence-corrected chi connectivity index (χ4v) is 4.59. The monoisotopic (exact) mass is 604 g/mol. The summed E-state index contributed by atoms with van der Waals surface area (Å²) in [5, 5.41) is 0. The van der Waals surface area contributed by atoms with Crippen LogP contribution in [0.4, 0.5) is 0 Å². The average molecular weight is 605 g/mol. The summed E-state index contributed by atoms with van der Waals surface area (Å²) < 4.78 is 31.3. The fourth-order valence-electron chi connectivity index (χ4n) is 4.59. The Labute approximate surface area is 264 Å². The van der Waals surface area contributed by atoms with Crippen LogP contribution in [0.25, 0.3) is 6.08 Å². The Morgan fingerprint density at radius 1 is 0.581 bits per heavy atom. The van der Waals surface area contributed by atoms with Crippen molar-refractivity contribution in [3.63, 3.8) is 0 Å². The van der Waals surface area contributed by atoms with Gasteiger partial charge in [0.25, 0.3) is 0 Å². The number of rotatable bonds is 26. The predicted octanol–water partition coefficient (Wildman–Crippen LogP) is 10.9. The summed E-state index contributed by atoms with van der Waals surface area (Å²) in [6, 6.07) is 1.93. The SMILES string of the molecule is CCCCCCOc1cc(OCCCCCC)c(OCCCCCC)c(OCCCCCC)c1C=CC(=O)OC(C)(C)C. The normalized spacial score (nSPS) is 11.6. The summed E-state index contributed by atoms with van der Waals surface area (Å²) in [5.74, 6) is 2.06. The van der Waals surface area contributed by atoms with Crippen molar-refractivity contribution in [3.8, 4) is 23.0 Å². The molecule has 0 radical (unpaired) electrons. The Morgan fingerprint density at radius 3 is 1.44 bits per heavy atom. The van der Waals surface area contributed by atoms with Gasteiger partial charge >= 0.3 is 5.97 Å².